The van der Waals surface area contributed by atoms with Gasteiger partial charge in [-0.3, -0.25) is 19.2 Å². The Kier molecular flexibility index (Phi) is 5.02. The number of rotatable bonds is 4. The summed E-state index contributed by atoms with van der Waals surface area (Å²) in [6.07, 6.45) is 5.33. The molecule has 4 rings (SSSR count). The Labute approximate surface area is 173 Å². The van der Waals surface area contributed by atoms with E-state index < -0.39 is 11.4 Å². The molecule has 0 saturated heterocycles. The lowest BCUT2D eigenvalue weighted by atomic mass is 9.44. The van der Waals surface area contributed by atoms with Gasteiger partial charge in [0.25, 0.3) is 0 Å². The zero-order valence-corrected chi connectivity index (χ0v) is 17.9. The highest BCUT2D eigenvalue weighted by atomic mass is 16.4. The zero-order valence-electron chi connectivity index (χ0n) is 17.9. The van der Waals surface area contributed by atoms with E-state index in [2.05, 4.69) is 20.8 Å². The SMILES string of the molecule is CC(CCC(=O)O)C1CCC2C3C(=O)C[C@@H]4CC(=O)CC[C@]4(C)C3CC(=O)[C@]12C. The monoisotopic (exact) mass is 402 g/mol. The molecule has 0 heterocycles. The molecule has 0 radical (unpaired) electrons. The maximum absolute atomic E-state index is 13.6. The van der Waals surface area contributed by atoms with Gasteiger partial charge in [0.1, 0.15) is 17.3 Å². The first kappa shape index (κ1) is 20.7. The van der Waals surface area contributed by atoms with E-state index in [1.807, 2.05) is 0 Å². The molecule has 0 spiro atoms. The van der Waals surface area contributed by atoms with Crippen LogP contribution in [-0.4, -0.2) is 28.4 Å². The van der Waals surface area contributed by atoms with Gasteiger partial charge in [-0.1, -0.05) is 20.8 Å². The van der Waals surface area contributed by atoms with Crippen molar-refractivity contribution in [3.8, 4) is 0 Å². The number of ketones is 3. The quantitative estimate of drug-likeness (QED) is 0.766. The van der Waals surface area contributed by atoms with Crippen molar-refractivity contribution < 1.29 is 24.3 Å². The molecule has 29 heavy (non-hydrogen) atoms. The number of hydrogen-bond donors (Lipinski definition) is 1. The summed E-state index contributed by atoms with van der Waals surface area (Å²) in [5.74, 6) is 0.524. The molecule has 4 aliphatic rings. The fraction of sp³-hybridized carbons (Fsp3) is 0.833. The first-order valence-corrected chi connectivity index (χ1v) is 11.4. The van der Waals surface area contributed by atoms with Gasteiger partial charge in [-0.25, -0.2) is 0 Å². The third kappa shape index (κ3) is 3.02. The van der Waals surface area contributed by atoms with Crippen molar-refractivity contribution in [2.45, 2.75) is 78.6 Å². The second-order valence-corrected chi connectivity index (χ2v) is 10.9. The molecule has 0 aliphatic heterocycles. The molecule has 4 saturated carbocycles. The minimum atomic E-state index is -0.792. The number of carbonyl (C=O) groups is 4. The van der Waals surface area contributed by atoms with Gasteiger partial charge in [-0.2, -0.15) is 0 Å². The largest absolute Gasteiger partial charge is 0.481 e. The topological polar surface area (TPSA) is 88.5 Å². The van der Waals surface area contributed by atoms with Gasteiger partial charge in [0.15, 0.2) is 0 Å². The van der Waals surface area contributed by atoms with Crippen LogP contribution in [0.5, 0.6) is 0 Å². The van der Waals surface area contributed by atoms with Gasteiger partial charge in [-0.05, 0) is 60.7 Å². The first-order chi connectivity index (χ1) is 13.6. The second-order valence-electron chi connectivity index (χ2n) is 10.9. The normalized spacial score (nSPS) is 45.3. The van der Waals surface area contributed by atoms with E-state index >= 15 is 0 Å². The van der Waals surface area contributed by atoms with Crippen molar-refractivity contribution in [2.24, 2.45) is 46.3 Å². The van der Waals surface area contributed by atoms with Crippen LogP contribution in [0.25, 0.3) is 0 Å². The third-order valence-electron chi connectivity index (χ3n) is 9.72. The molecule has 1 N–H and O–H groups in total. The first-order valence-electron chi connectivity index (χ1n) is 11.4. The molecule has 0 aromatic heterocycles. The average Bonchev–Trinajstić information content (AvgIpc) is 3.01. The molecule has 5 heteroatoms. The summed E-state index contributed by atoms with van der Waals surface area (Å²) >= 11 is 0. The number of carbonyl (C=O) groups excluding carboxylic acids is 3. The Morgan fingerprint density at radius 1 is 1.10 bits per heavy atom. The number of Topliss-reactive ketones (excluding diaryl/α,β-unsaturated/α-hetero) is 3. The highest BCUT2D eigenvalue weighted by Crippen LogP contribution is 2.66. The molecule has 0 aromatic carbocycles. The van der Waals surface area contributed by atoms with Crippen molar-refractivity contribution >= 4 is 23.3 Å². The lowest BCUT2D eigenvalue weighted by molar-refractivity contribution is -0.166. The van der Waals surface area contributed by atoms with Gasteiger partial charge < -0.3 is 5.11 Å². The summed E-state index contributed by atoms with van der Waals surface area (Å²) in [7, 11) is 0. The van der Waals surface area contributed by atoms with Crippen LogP contribution in [-0.2, 0) is 19.2 Å². The van der Waals surface area contributed by atoms with Gasteiger partial charge in [-0.15, -0.1) is 0 Å². The van der Waals surface area contributed by atoms with E-state index in [0.29, 0.717) is 32.1 Å². The highest BCUT2D eigenvalue weighted by molar-refractivity contribution is 5.93. The lowest BCUT2D eigenvalue weighted by Gasteiger charge is -2.58. The fourth-order valence-electron chi connectivity index (χ4n) is 7.94. The summed E-state index contributed by atoms with van der Waals surface area (Å²) < 4.78 is 0. The molecule has 0 amide bonds. The Balaban J connectivity index is 1.63. The number of fused-ring (bicyclic) bond motifs is 5. The Morgan fingerprint density at radius 3 is 2.52 bits per heavy atom. The van der Waals surface area contributed by atoms with Crippen LogP contribution < -0.4 is 0 Å². The molecule has 8 atom stereocenters. The van der Waals surface area contributed by atoms with Crippen LogP contribution in [0.1, 0.15) is 78.6 Å². The van der Waals surface area contributed by atoms with Crippen molar-refractivity contribution in [1.82, 2.24) is 0 Å². The Hall–Kier alpha value is -1.52. The van der Waals surface area contributed by atoms with Crippen LogP contribution >= 0.6 is 0 Å². The standard InChI is InChI=1S/C24H34O5/c1-13(4-7-21(28)29)16-5-6-17-22-18(12-20(27)24(16,17)3)23(2)9-8-15(25)10-14(23)11-19(22)26/h13-14,16-18,22H,4-12H2,1-3H3,(H,28,29)/t13?,14-,16?,17?,18?,22?,23-,24+/m0/s1. The van der Waals surface area contributed by atoms with Gasteiger partial charge >= 0.3 is 5.97 Å². The van der Waals surface area contributed by atoms with Crippen LogP contribution in [0.15, 0.2) is 0 Å². The number of carboxylic acids is 1. The van der Waals surface area contributed by atoms with Crippen molar-refractivity contribution in [3.05, 3.63) is 0 Å². The molecule has 0 aromatic rings. The molecule has 4 aliphatic carbocycles. The van der Waals surface area contributed by atoms with Gasteiger partial charge in [0, 0.05) is 43.4 Å². The predicted molar refractivity (Wildman–Crippen MR) is 107 cm³/mol. The van der Waals surface area contributed by atoms with E-state index in [4.69, 9.17) is 5.11 Å². The summed E-state index contributed by atoms with van der Waals surface area (Å²) in [6.45, 7) is 6.37. The van der Waals surface area contributed by atoms with Gasteiger partial charge in [0.2, 0.25) is 0 Å². The van der Waals surface area contributed by atoms with Crippen molar-refractivity contribution in [2.75, 3.05) is 0 Å². The summed E-state index contributed by atoms with van der Waals surface area (Å²) in [4.78, 5) is 50.0. The summed E-state index contributed by atoms with van der Waals surface area (Å²) in [6, 6.07) is 0. The second kappa shape index (κ2) is 7.02. The maximum Gasteiger partial charge on any atom is 0.303 e. The predicted octanol–water partition coefficient (Wildman–Crippen LogP) is 4.07. The zero-order chi connectivity index (χ0) is 21.1. The molecule has 4 fully saturated rings. The molecule has 5 unspecified atom stereocenters. The van der Waals surface area contributed by atoms with Gasteiger partial charge in [0.05, 0.1) is 0 Å². The minimum Gasteiger partial charge on any atom is -0.481 e. The van der Waals surface area contributed by atoms with E-state index in [0.717, 1.165) is 19.3 Å². The maximum atomic E-state index is 13.6. The molecule has 0 bridgehead atoms. The van der Waals surface area contributed by atoms with E-state index in [9.17, 15) is 19.2 Å². The number of hydrogen-bond acceptors (Lipinski definition) is 4. The average molecular weight is 403 g/mol. The van der Waals surface area contributed by atoms with E-state index in [1.165, 1.54) is 0 Å². The third-order valence-corrected chi connectivity index (χ3v) is 9.72. The van der Waals surface area contributed by atoms with Crippen LogP contribution in [0.3, 0.4) is 0 Å². The highest BCUT2D eigenvalue weighted by Gasteiger charge is 2.66. The van der Waals surface area contributed by atoms with E-state index in [-0.39, 0.29) is 64.7 Å². The van der Waals surface area contributed by atoms with Crippen LogP contribution in [0.2, 0.25) is 0 Å². The van der Waals surface area contributed by atoms with Crippen molar-refractivity contribution in [1.29, 1.82) is 0 Å². The Morgan fingerprint density at radius 2 is 1.83 bits per heavy atom. The summed E-state index contributed by atoms with van der Waals surface area (Å²) in [5.41, 5.74) is -0.598. The lowest BCUT2D eigenvalue weighted by Crippen LogP contribution is -2.60. The molecular weight excluding hydrogens is 368 g/mol. The molecule has 5 nitrogen and oxygen atoms in total. The minimum absolute atomic E-state index is 0.0659. The van der Waals surface area contributed by atoms with Crippen LogP contribution in [0, 0.1) is 46.3 Å². The number of aliphatic carboxylic acids is 1. The van der Waals surface area contributed by atoms with Crippen LogP contribution in [0.4, 0.5) is 0 Å². The van der Waals surface area contributed by atoms with Crippen molar-refractivity contribution in [3.63, 3.8) is 0 Å². The molecular formula is C24H34O5. The smallest absolute Gasteiger partial charge is 0.303 e. The summed E-state index contributed by atoms with van der Waals surface area (Å²) in [5, 5.41) is 9.06. The fourth-order valence-corrected chi connectivity index (χ4v) is 7.94. The number of carboxylic acid groups (broad SMARTS) is 1. The molecule has 160 valence electrons. The van der Waals surface area contributed by atoms with E-state index in [1.54, 1.807) is 0 Å². The Bertz CT molecular complexity index is 756.